The summed E-state index contributed by atoms with van der Waals surface area (Å²) in [7, 11) is -3.66. The van der Waals surface area contributed by atoms with Gasteiger partial charge in [-0.2, -0.15) is 4.98 Å². The van der Waals surface area contributed by atoms with E-state index in [1.807, 2.05) is 0 Å². The van der Waals surface area contributed by atoms with E-state index >= 15 is 0 Å². The van der Waals surface area contributed by atoms with Crippen LogP contribution in [0.4, 0.5) is 4.39 Å². The van der Waals surface area contributed by atoms with E-state index in [0.717, 1.165) is 12.8 Å². The van der Waals surface area contributed by atoms with E-state index in [1.54, 1.807) is 17.0 Å². The van der Waals surface area contributed by atoms with E-state index in [-0.39, 0.29) is 29.1 Å². The van der Waals surface area contributed by atoms with Crippen LogP contribution in [0.2, 0.25) is 0 Å². The number of hydrogen-bond donors (Lipinski definition) is 1. The second-order valence-corrected chi connectivity index (χ2v) is 9.49. The molecule has 1 saturated heterocycles. The van der Waals surface area contributed by atoms with E-state index in [0.29, 0.717) is 35.9 Å². The fourth-order valence-corrected chi connectivity index (χ4v) is 4.72. The van der Waals surface area contributed by atoms with Gasteiger partial charge in [0.25, 0.3) is 5.91 Å². The van der Waals surface area contributed by atoms with Crippen molar-refractivity contribution in [2.75, 3.05) is 19.6 Å². The third-order valence-corrected chi connectivity index (χ3v) is 6.85. The van der Waals surface area contributed by atoms with E-state index < -0.39 is 10.0 Å². The largest absolute Gasteiger partial charge is 0.339 e. The number of carbonyl (C=O) groups excluding carboxylic acids is 1. The van der Waals surface area contributed by atoms with E-state index in [1.165, 1.54) is 42.5 Å². The summed E-state index contributed by atoms with van der Waals surface area (Å²) < 4.78 is 45.7. The Bertz CT molecular complexity index is 1260. The zero-order valence-electron chi connectivity index (χ0n) is 17.8. The van der Waals surface area contributed by atoms with Crippen molar-refractivity contribution in [1.82, 2.24) is 19.8 Å². The molecule has 1 unspecified atom stereocenters. The number of sulfonamides is 1. The molecule has 1 aromatic heterocycles. The maximum Gasteiger partial charge on any atom is 0.253 e. The fourth-order valence-electron chi connectivity index (χ4n) is 3.72. The van der Waals surface area contributed by atoms with Crippen molar-refractivity contribution in [1.29, 1.82) is 0 Å². The summed E-state index contributed by atoms with van der Waals surface area (Å²) in [5, 5.41) is 3.96. The zero-order valence-corrected chi connectivity index (χ0v) is 18.6. The van der Waals surface area contributed by atoms with Gasteiger partial charge in [-0.3, -0.25) is 4.79 Å². The SMILES string of the molecule is C=CCNS(=O)(=O)c1ccc(C(=O)N2CCCC(c3nc(-c4cccc(F)c4)no3)C2)cc1. The number of nitrogens with zero attached hydrogens (tertiary/aromatic N) is 3. The van der Waals surface area contributed by atoms with Crippen molar-refractivity contribution in [2.24, 2.45) is 0 Å². The molecule has 33 heavy (non-hydrogen) atoms. The molecule has 0 aliphatic carbocycles. The topological polar surface area (TPSA) is 105 Å². The molecule has 2 aromatic carbocycles. The molecule has 172 valence electrons. The van der Waals surface area contributed by atoms with Crippen molar-refractivity contribution in [3.63, 3.8) is 0 Å². The minimum Gasteiger partial charge on any atom is -0.339 e. The third kappa shape index (κ3) is 5.18. The Morgan fingerprint density at radius 2 is 2.06 bits per heavy atom. The number of piperidine rings is 1. The highest BCUT2D eigenvalue weighted by atomic mass is 32.2. The van der Waals surface area contributed by atoms with Crippen LogP contribution in [0.3, 0.4) is 0 Å². The normalized spacial score (nSPS) is 16.5. The molecular formula is C23H23FN4O4S. The predicted octanol–water partition coefficient (Wildman–Crippen LogP) is 3.36. The van der Waals surface area contributed by atoms with Gasteiger partial charge in [-0.05, 0) is 49.2 Å². The van der Waals surface area contributed by atoms with Crippen molar-refractivity contribution in [2.45, 2.75) is 23.7 Å². The second kappa shape index (κ2) is 9.63. The Morgan fingerprint density at radius 3 is 2.79 bits per heavy atom. The summed E-state index contributed by atoms with van der Waals surface area (Å²) in [6, 6.07) is 11.8. The number of aromatic nitrogens is 2. The summed E-state index contributed by atoms with van der Waals surface area (Å²) in [5.41, 5.74) is 0.913. The summed E-state index contributed by atoms with van der Waals surface area (Å²) >= 11 is 0. The maximum absolute atomic E-state index is 13.5. The van der Waals surface area contributed by atoms with Crippen molar-refractivity contribution >= 4 is 15.9 Å². The van der Waals surface area contributed by atoms with Gasteiger partial charge in [-0.25, -0.2) is 17.5 Å². The summed E-state index contributed by atoms with van der Waals surface area (Å²) in [4.78, 5) is 19.2. The number of likely N-dealkylation sites (tertiary alicyclic amines) is 1. The first kappa shape index (κ1) is 22.8. The monoisotopic (exact) mass is 470 g/mol. The minimum absolute atomic E-state index is 0.0770. The fraction of sp³-hybridized carbons (Fsp3) is 0.261. The molecule has 4 rings (SSSR count). The quantitative estimate of drug-likeness (QED) is 0.531. The molecule has 0 spiro atoms. The molecule has 3 aromatic rings. The van der Waals surface area contributed by atoms with Crippen molar-refractivity contribution in [3.8, 4) is 11.4 Å². The number of rotatable bonds is 7. The van der Waals surface area contributed by atoms with Gasteiger partial charge in [-0.15, -0.1) is 6.58 Å². The Kier molecular flexibility index (Phi) is 6.66. The lowest BCUT2D eigenvalue weighted by atomic mass is 9.97. The molecular weight excluding hydrogens is 447 g/mol. The highest BCUT2D eigenvalue weighted by molar-refractivity contribution is 7.89. The number of halogens is 1. The van der Waals surface area contributed by atoms with E-state index in [4.69, 9.17) is 4.52 Å². The molecule has 0 saturated carbocycles. The van der Waals surface area contributed by atoms with E-state index in [9.17, 15) is 17.6 Å². The average molecular weight is 471 g/mol. The average Bonchev–Trinajstić information content (AvgIpc) is 3.33. The number of carbonyl (C=O) groups is 1. The molecule has 0 radical (unpaired) electrons. The van der Waals surface area contributed by atoms with Gasteiger partial charge in [-0.1, -0.05) is 23.4 Å². The standard InChI is InChI=1S/C23H23FN4O4S/c1-2-12-25-33(30,31)20-10-8-16(9-11-20)23(29)28-13-4-6-18(15-28)22-26-21(27-32-22)17-5-3-7-19(24)14-17/h2-3,5,7-11,14,18,25H,1,4,6,12-13,15H2. The van der Waals surface area contributed by atoms with Gasteiger partial charge >= 0.3 is 0 Å². The van der Waals surface area contributed by atoms with Crippen LogP contribution in [0, 0.1) is 5.82 Å². The van der Waals surface area contributed by atoms with Gasteiger partial charge in [0.1, 0.15) is 5.82 Å². The van der Waals surface area contributed by atoms with Gasteiger partial charge in [0.15, 0.2) is 0 Å². The van der Waals surface area contributed by atoms with Crippen LogP contribution in [0.1, 0.15) is 35.0 Å². The van der Waals surface area contributed by atoms with Crippen LogP contribution in [0.25, 0.3) is 11.4 Å². The second-order valence-electron chi connectivity index (χ2n) is 7.72. The first-order valence-corrected chi connectivity index (χ1v) is 11.9. The van der Waals surface area contributed by atoms with Crippen LogP contribution < -0.4 is 4.72 Å². The first-order chi connectivity index (χ1) is 15.9. The molecule has 1 N–H and O–H groups in total. The maximum atomic E-state index is 13.5. The smallest absolute Gasteiger partial charge is 0.253 e. The van der Waals surface area contributed by atoms with E-state index in [2.05, 4.69) is 21.4 Å². The molecule has 1 atom stereocenters. The Morgan fingerprint density at radius 1 is 1.27 bits per heavy atom. The minimum atomic E-state index is -3.66. The van der Waals surface area contributed by atoms with Gasteiger partial charge in [0, 0.05) is 30.8 Å². The highest BCUT2D eigenvalue weighted by Crippen LogP contribution is 2.28. The van der Waals surface area contributed by atoms with Crippen LogP contribution in [-0.2, 0) is 10.0 Å². The Hall–Kier alpha value is -3.37. The molecule has 1 fully saturated rings. The molecule has 2 heterocycles. The Labute approximate surface area is 191 Å². The van der Waals surface area contributed by atoms with Gasteiger partial charge in [0.05, 0.1) is 10.8 Å². The highest BCUT2D eigenvalue weighted by Gasteiger charge is 2.29. The first-order valence-electron chi connectivity index (χ1n) is 10.5. The van der Waals surface area contributed by atoms with Gasteiger partial charge in [0.2, 0.25) is 21.7 Å². The lowest BCUT2D eigenvalue weighted by molar-refractivity contribution is 0.0695. The molecule has 0 bridgehead atoms. The molecule has 1 amide bonds. The summed E-state index contributed by atoms with van der Waals surface area (Å²) in [5.74, 6) is -0.0206. The van der Waals surface area contributed by atoms with Crippen molar-refractivity contribution < 1.29 is 22.1 Å². The summed E-state index contributed by atoms with van der Waals surface area (Å²) in [6.45, 7) is 4.57. The predicted molar refractivity (Wildman–Crippen MR) is 119 cm³/mol. The van der Waals surface area contributed by atoms with Crippen LogP contribution in [-0.4, -0.2) is 49.0 Å². The van der Waals surface area contributed by atoms with Crippen LogP contribution in [0.5, 0.6) is 0 Å². The molecule has 8 nitrogen and oxygen atoms in total. The lowest BCUT2D eigenvalue weighted by Gasteiger charge is -2.31. The number of benzene rings is 2. The number of nitrogens with one attached hydrogen (secondary N) is 1. The van der Waals surface area contributed by atoms with Crippen molar-refractivity contribution in [3.05, 3.63) is 78.5 Å². The third-order valence-electron chi connectivity index (χ3n) is 5.41. The lowest BCUT2D eigenvalue weighted by Crippen LogP contribution is -2.39. The summed E-state index contributed by atoms with van der Waals surface area (Å²) in [6.07, 6.45) is 2.99. The molecule has 1 aliphatic rings. The van der Waals surface area contributed by atoms with Crippen LogP contribution in [0.15, 0.2) is 70.6 Å². The molecule has 10 heteroatoms. The molecule has 1 aliphatic heterocycles. The number of amides is 1. The zero-order chi connectivity index (χ0) is 23.4. The van der Waals surface area contributed by atoms with Crippen LogP contribution >= 0.6 is 0 Å². The van der Waals surface area contributed by atoms with Gasteiger partial charge < -0.3 is 9.42 Å². The Balaban J connectivity index is 1.45. The number of hydrogen-bond acceptors (Lipinski definition) is 6.